The van der Waals surface area contributed by atoms with Crippen LogP contribution in [-0.2, 0) is 107 Å². The number of methoxy groups -OCH3 is 4. The number of anilines is 3. The largest absolute Gasteiger partial charge is 0.493 e. The second kappa shape index (κ2) is 44.9. The fraction of sp³-hybridized carbons (Fsp3) is 0.430. The van der Waals surface area contributed by atoms with Crippen LogP contribution in [0, 0.1) is 63.7 Å². The fourth-order valence-corrected chi connectivity index (χ4v) is 18.8. The minimum absolute atomic E-state index is 0.0133. The number of nitrogens with zero attached hydrogens (tertiary/aromatic N) is 11. The Kier molecular flexibility index (Phi) is 33.1. The van der Waals surface area contributed by atoms with E-state index >= 15 is 22.0 Å². The summed E-state index contributed by atoms with van der Waals surface area (Å²) in [7, 11) is 9.28. The molecule has 3 fully saturated rings. The zero-order chi connectivity index (χ0) is 107. The van der Waals surface area contributed by atoms with Crippen molar-refractivity contribution in [1.29, 1.82) is 0 Å². The number of pyridine rings is 1. The van der Waals surface area contributed by atoms with E-state index in [0.717, 1.165) is 51.6 Å². The van der Waals surface area contributed by atoms with Crippen LogP contribution in [0.4, 0.5) is 78.5 Å². The maximum absolute atomic E-state index is 15.6. The number of fused-ring (bicyclic) bond motifs is 4. The average molecular weight is 2070 g/mol. The molecule has 6 aliphatic heterocycles. The summed E-state index contributed by atoms with van der Waals surface area (Å²) in [6.45, 7) is 5.87. The molecule has 10 aromatic rings. The molecule has 6 aliphatic rings. The number of hydrogen-bond donors (Lipinski definition) is 2. The number of halogens is 14. The third kappa shape index (κ3) is 22.6. The lowest BCUT2D eigenvalue weighted by Gasteiger charge is -2.38. The first-order valence-corrected chi connectivity index (χ1v) is 46.4. The van der Waals surface area contributed by atoms with E-state index in [2.05, 4.69) is 25.6 Å². The second-order valence-corrected chi connectivity index (χ2v) is 35.5. The van der Waals surface area contributed by atoms with Gasteiger partial charge in [-0.05, 0) is 167 Å². The van der Waals surface area contributed by atoms with Crippen LogP contribution in [-0.4, -0.2) is 243 Å². The number of amides is 3. The molecule has 10 heterocycles. The van der Waals surface area contributed by atoms with Gasteiger partial charge in [0.05, 0.1) is 126 Å². The number of rotatable bonds is 23. The smallest absolute Gasteiger partial charge is 0.411 e. The number of benzene rings is 6. The molecular formula is C100H103F14N13O20. The minimum Gasteiger partial charge on any atom is -0.493 e. The molecule has 0 aliphatic carbocycles. The van der Waals surface area contributed by atoms with E-state index in [1.807, 2.05) is 0 Å². The van der Waals surface area contributed by atoms with E-state index in [9.17, 15) is 87.5 Å². The quantitative estimate of drug-likeness (QED) is 0.0260. The van der Waals surface area contributed by atoms with Gasteiger partial charge in [-0.2, -0.15) is 39.5 Å². The van der Waals surface area contributed by atoms with Crippen molar-refractivity contribution in [3.63, 3.8) is 0 Å². The molecule has 0 spiro atoms. The maximum atomic E-state index is 15.6. The number of aromatic nitrogens is 7. The number of nitrogens with one attached hydrogen (secondary N) is 2. The standard InChI is InChI=1S/C34H37F5N4O7.C34H33F4N5O7.C32H33F5N4O6/c1-18-19(2)41(3)32(45)29(40-18)23-9-8-20(22-7-6-11-50-30(22)23)13-26(33(46)48-5)43(17-47-4)31(44)28-24(35)14-21(15-25(28)36)42-10-12-49-16-27(42)34(37,38)39;1-18-13-20(42-10-12-49-17-27(42)34(36,37)38)15-23(35)28(18)30(44)40-24(32(46)48-3)14-19-6-7-25(29-21(19)5-4-11-50-29)43-31(45)22-8-9-39-16-26(22)41(2)33(43)47;1-16-26(30(43)40(3)17(2)38-16)21-8-7-18(20-6-5-10-47-28(20)21)12-24(31(44)45-4)39-29(42)27-22(33)13-19(14-23(27)34)41-9-11-46-15-25(41)32(35,36)37/h8-9,14-15,26-27H,6-7,10-13,16-17H2,1-5H3;6-9,13,15-16,24,27H,4-5,10-12,14,17H2,1-3H3,(H,40,44);7-8,13-14,24-25H,5-6,9-12,15H2,1-4H3,(H,39,42)/t26-,27+;24-,27+;24-,25+/m000/s1. The Balaban J connectivity index is 0.000000174. The zero-order valence-corrected chi connectivity index (χ0v) is 81.6. The lowest BCUT2D eigenvalue weighted by molar-refractivity contribution is -0.167. The Morgan fingerprint density at radius 1 is 0.483 bits per heavy atom. The number of carbonyl (C=O) groups is 6. The van der Waals surface area contributed by atoms with E-state index in [4.69, 9.17) is 47.4 Å². The van der Waals surface area contributed by atoms with Crippen molar-refractivity contribution < 1.29 is 138 Å². The number of aryl methyl sites for hydroxylation is 5. The number of carbonyl (C=O) groups excluding carboxylic acids is 6. The summed E-state index contributed by atoms with van der Waals surface area (Å²) in [6.07, 6.45) is -8.44. The molecular weight excluding hydrogens is 1970 g/mol. The van der Waals surface area contributed by atoms with Gasteiger partial charge in [-0.15, -0.1) is 0 Å². The molecule has 4 aromatic heterocycles. The Bertz CT molecular complexity index is 6960. The predicted molar refractivity (Wildman–Crippen MR) is 502 cm³/mol. The summed E-state index contributed by atoms with van der Waals surface area (Å²) in [5.41, 5.74) is 2.28. The van der Waals surface area contributed by atoms with Crippen LogP contribution in [0.1, 0.15) is 112 Å². The average Bonchev–Trinajstić information content (AvgIpc) is 0.837. The third-order valence-corrected chi connectivity index (χ3v) is 26.6. The summed E-state index contributed by atoms with van der Waals surface area (Å²) in [4.78, 5) is 149. The summed E-state index contributed by atoms with van der Waals surface area (Å²) < 4.78 is 258. The maximum Gasteiger partial charge on any atom is 0.411 e. The Labute approximate surface area is 829 Å². The van der Waals surface area contributed by atoms with Crippen LogP contribution in [0.5, 0.6) is 17.2 Å². The fourth-order valence-electron chi connectivity index (χ4n) is 18.8. The number of alkyl halides is 9. The molecule has 6 aromatic carbocycles. The summed E-state index contributed by atoms with van der Waals surface area (Å²) in [5, 5.41) is 5.11. The molecule has 786 valence electrons. The lowest BCUT2D eigenvalue weighted by atomic mass is 9.90. The zero-order valence-electron chi connectivity index (χ0n) is 81.6. The first kappa shape index (κ1) is 108. The molecule has 47 heteroatoms. The first-order valence-electron chi connectivity index (χ1n) is 46.4. The summed E-state index contributed by atoms with van der Waals surface area (Å²) in [6, 6.07) is 5.57. The van der Waals surface area contributed by atoms with Gasteiger partial charge in [0.15, 0.2) is 0 Å². The molecule has 33 nitrogen and oxygen atoms in total. The Morgan fingerprint density at radius 3 is 1.39 bits per heavy atom. The van der Waals surface area contributed by atoms with Crippen LogP contribution < -0.4 is 61.9 Å². The van der Waals surface area contributed by atoms with Gasteiger partial charge in [-0.25, -0.2) is 55.7 Å². The van der Waals surface area contributed by atoms with Gasteiger partial charge < -0.3 is 82.2 Å². The molecule has 3 saturated heterocycles. The Hall–Kier alpha value is -14.4. The topological polar surface area (TPSA) is 358 Å². The normalized spacial score (nSPS) is 16.9. The van der Waals surface area contributed by atoms with Crippen LogP contribution in [0.2, 0.25) is 0 Å². The molecule has 6 atom stereocenters. The summed E-state index contributed by atoms with van der Waals surface area (Å²) >= 11 is 0. The highest BCUT2D eigenvalue weighted by Crippen LogP contribution is 2.44. The van der Waals surface area contributed by atoms with Crippen molar-refractivity contribution in [2.75, 3.05) is 129 Å². The molecule has 147 heavy (non-hydrogen) atoms. The first-order chi connectivity index (χ1) is 69.7. The van der Waals surface area contributed by atoms with Gasteiger partial charge in [-0.1, -0.05) is 24.3 Å². The predicted octanol–water partition coefficient (Wildman–Crippen LogP) is 11.4. The molecule has 0 saturated carbocycles. The lowest BCUT2D eigenvalue weighted by Crippen LogP contribution is -2.53. The van der Waals surface area contributed by atoms with Crippen LogP contribution in [0.15, 0.2) is 110 Å². The number of esters is 3. The highest BCUT2D eigenvalue weighted by molar-refractivity contribution is 6.00. The van der Waals surface area contributed by atoms with E-state index in [0.29, 0.717) is 173 Å². The monoisotopic (exact) mass is 2070 g/mol. The van der Waals surface area contributed by atoms with Crippen molar-refractivity contribution in [2.45, 2.75) is 147 Å². The van der Waals surface area contributed by atoms with E-state index in [1.165, 1.54) is 65.4 Å². The third-order valence-electron chi connectivity index (χ3n) is 26.6. The van der Waals surface area contributed by atoms with E-state index in [-0.39, 0.29) is 104 Å². The van der Waals surface area contributed by atoms with Gasteiger partial charge in [-0.3, -0.25) is 42.9 Å². The van der Waals surface area contributed by atoms with E-state index in [1.54, 1.807) is 72.1 Å². The SMILES string of the molecule is COC(=O)[C@H](Cc1ccc(-c2c(C)nc(C)n(C)c2=O)c2c1CCCO2)NC(=O)c1c(F)cc(N2CCOC[C@@H]2C(F)(F)F)cc1F.COC(=O)[C@H](Cc1ccc(-n2c(=O)c3ccncc3n(C)c2=O)c2c1CCCO2)NC(=O)c1c(C)cc(N2CCOC[C@@H]2C(F)(F)F)cc1F.COCN(C(=O)c1c(F)cc(N2CCOC[C@@H]2C(F)(F)F)cc1F)[C@@H](Cc1ccc(-c2nc(C)c(C)n(C)c2=O)c2c1CCCO2)C(=O)OC. The number of morpholine rings is 3. The van der Waals surface area contributed by atoms with Gasteiger partial charge in [0.1, 0.15) is 112 Å². The number of ether oxygens (including phenoxy) is 10. The van der Waals surface area contributed by atoms with Crippen molar-refractivity contribution in [3.8, 4) is 45.3 Å². The van der Waals surface area contributed by atoms with Gasteiger partial charge in [0, 0.05) is 107 Å². The van der Waals surface area contributed by atoms with E-state index < -0.39 is 185 Å². The Morgan fingerprint density at radius 2 is 0.918 bits per heavy atom. The minimum atomic E-state index is -4.75. The highest BCUT2D eigenvalue weighted by atomic mass is 19.4. The van der Waals surface area contributed by atoms with Gasteiger partial charge in [0.2, 0.25) is 0 Å². The van der Waals surface area contributed by atoms with Crippen molar-refractivity contribution in [1.82, 2.24) is 48.8 Å². The molecule has 0 radical (unpaired) electrons. The molecule has 0 bridgehead atoms. The van der Waals surface area contributed by atoms with Crippen molar-refractivity contribution >= 4 is 63.6 Å². The molecule has 16 rings (SSSR count). The van der Waals surface area contributed by atoms with Crippen LogP contribution in [0.25, 0.3) is 39.0 Å². The van der Waals surface area contributed by atoms with Crippen LogP contribution in [0.3, 0.4) is 0 Å². The molecule has 2 N–H and O–H groups in total. The van der Waals surface area contributed by atoms with Crippen molar-refractivity contribution in [2.24, 2.45) is 21.1 Å². The van der Waals surface area contributed by atoms with Crippen LogP contribution >= 0.6 is 0 Å². The second-order valence-electron chi connectivity index (χ2n) is 35.5. The molecule has 3 amide bonds. The summed E-state index contributed by atoms with van der Waals surface area (Å²) in [5.74, 6) is -11.3. The van der Waals surface area contributed by atoms with Gasteiger partial charge in [0.25, 0.3) is 34.4 Å². The van der Waals surface area contributed by atoms with Crippen molar-refractivity contribution in [3.05, 3.63) is 240 Å². The highest BCUT2D eigenvalue weighted by Gasteiger charge is 2.50. The molecule has 0 unspecified atom stereocenters. The number of hydrogen-bond acceptors (Lipinski definition) is 26. The van der Waals surface area contributed by atoms with Gasteiger partial charge >= 0.3 is 42.1 Å².